The molecular weight excluding hydrogens is 212 g/mol. The third-order valence-corrected chi connectivity index (χ3v) is 2.16. The lowest BCUT2D eigenvalue weighted by Gasteiger charge is -2.06. The summed E-state index contributed by atoms with van der Waals surface area (Å²) in [5.74, 6) is 0.500. The molecule has 0 saturated heterocycles. The molecular formula is C9H14N4OS. The van der Waals surface area contributed by atoms with E-state index < -0.39 is 0 Å². The molecule has 1 rings (SSSR count). The van der Waals surface area contributed by atoms with E-state index in [1.54, 1.807) is 17.9 Å². The minimum absolute atomic E-state index is 0.0569. The molecule has 0 aliphatic heterocycles. The summed E-state index contributed by atoms with van der Waals surface area (Å²) >= 11 is 4.85. The van der Waals surface area contributed by atoms with Crippen LogP contribution >= 0.6 is 12.2 Å². The van der Waals surface area contributed by atoms with Gasteiger partial charge in [-0.05, 0) is 6.42 Å². The van der Waals surface area contributed by atoms with Gasteiger partial charge in [0.15, 0.2) is 0 Å². The number of nitrogens with zero attached hydrogens (tertiary/aromatic N) is 2. The van der Waals surface area contributed by atoms with Crippen LogP contribution in [0.5, 0.6) is 0 Å². The summed E-state index contributed by atoms with van der Waals surface area (Å²) in [6.07, 6.45) is 2.82. The van der Waals surface area contributed by atoms with Crippen molar-refractivity contribution in [3.8, 4) is 0 Å². The molecule has 0 saturated carbocycles. The fraction of sp³-hybridized carbons (Fsp3) is 0.444. The summed E-state index contributed by atoms with van der Waals surface area (Å²) in [7, 11) is 1.73. The predicted octanol–water partition coefficient (Wildman–Crippen LogP) is 0.793. The minimum Gasteiger partial charge on any atom is -0.389 e. The number of nitrogens with one attached hydrogen (secondary N) is 1. The molecule has 0 aliphatic carbocycles. The average Bonchev–Trinajstić information content (AvgIpc) is 2.48. The fourth-order valence-corrected chi connectivity index (χ4v) is 1.34. The molecule has 1 aromatic rings. The standard InChI is InChI=1S/C9H14N4OS/c1-3-4-7(14)12-9-6(8(10)15)5-11-13(9)2/h5H,3-4H2,1-2H3,(H2,10,15)(H,12,14). The van der Waals surface area contributed by atoms with Crippen LogP contribution in [0.4, 0.5) is 5.82 Å². The second-order valence-electron chi connectivity index (χ2n) is 3.19. The van der Waals surface area contributed by atoms with E-state index in [1.807, 2.05) is 6.92 Å². The van der Waals surface area contributed by atoms with Crippen LogP contribution in [0.15, 0.2) is 6.20 Å². The van der Waals surface area contributed by atoms with Crippen molar-refractivity contribution in [3.63, 3.8) is 0 Å². The Morgan fingerprint density at radius 1 is 1.73 bits per heavy atom. The van der Waals surface area contributed by atoms with Crippen LogP contribution in [0.2, 0.25) is 0 Å². The van der Waals surface area contributed by atoms with Gasteiger partial charge in [-0.3, -0.25) is 9.48 Å². The second-order valence-corrected chi connectivity index (χ2v) is 3.63. The van der Waals surface area contributed by atoms with E-state index in [4.69, 9.17) is 18.0 Å². The van der Waals surface area contributed by atoms with Crippen molar-refractivity contribution in [2.45, 2.75) is 19.8 Å². The Labute approximate surface area is 93.6 Å². The SMILES string of the molecule is CCCC(=O)Nc1c(C(N)=S)cnn1C. The van der Waals surface area contributed by atoms with Gasteiger partial charge in [0.2, 0.25) is 5.91 Å². The number of rotatable bonds is 4. The second kappa shape index (κ2) is 4.88. The van der Waals surface area contributed by atoms with Crippen LogP contribution in [0.1, 0.15) is 25.3 Å². The fourth-order valence-electron chi connectivity index (χ4n) is 1.19. The van der Waals surface area contributed by atoms with Crippen LogP contribution in [-0.4, -0.2) is 20.7 Å². The smallest absolute Gasteiger partial charge is 0.225 e. The molecule has 3 N–H and O–H groups in total. The first kappa shape index (κ1) is 11.6. The van der Waals surface area contributed by atoms with E-state index in [-0.39, 0.29) is 10.9 Å². The molecule has 15 heavy (non-hydrogen) atoms. The molecule has 1 heterocycles. The normalized spacial score (nSPS) is 10.0. The third-order valence-electron chi connectivity index (χ3n) is 1.94. The topological polar surface area (TPSA) is 72.9 Å². The van der Waals surface area contributed by atoms with E-state index in [0.717, 1.165) is 6.42 Å². The lowest BCUT2D eigenvalue weighted by Crippen LogP contribution is -2.18. The molecule has 0 aliphatic rings. The van der Waals surface area contributed by atoms with Gasteiger partial charge in [-0.1, -0.05) is 19.1 Å². The Hall–Kier alpha value is -1.43. The first-order valence-electron chi connectivity index (χ1n) is 4.68. The molecule has 0 spiro atoms. The number of hydrogen-bond donors (Lipinski definition) is 2. The monoisotopic (exact) mass is 226 g/mol. The zero-order valence-corrected chi connectivity index (χ0v) is 9.60. The van der Waals surface area contributed by atoms with E-state index in [2.05, 4.69) is 10.4 Å². The zero-order chi connectivity index (χ0) is 11.4. The molecule has 0 radical (unpaired) electrons. The molecule has 1 aromatic heterocycles. The van der Waals surface area contributed by atoms with Gasteiger partial charge in [-0.2, -0.15) is 5.10 Å². The van der Waals surface area contributed by atoms with Crippen molar-refractivity contribution in [1.82, 2.24) is 9.78 Å². The summed E-state index contributed by atoms with van der Waals surface area (Å²) < 4.78 is 1.54. The van der Waals surface area contributed by atoms with Crippen LogP contribution in [0.3, 0.4) is 0 Å². The number of nitrogens with two attached hydrogens (primary N) is 1. The molecule has 5 nitrogen and oxygen atoms in total. The predicted molar refractivity (Wildman–Crippen MR) is 62.6 cm³/mol. The summed E-state index contributed by atoms with van der Waals surface area (Å²) in [5.41, 5.74) is 6.10. The van der Waals surface area contributed by atoms with Gasteiger partial charge in [0.1, 0.15) is 10.8 Å². The lowest BCUT2D eigenvalue weighted by molar-refractivity contribution is -0.116. The Bertz CT molecular complexity index is 385. The number of aryl methyl sites for hydroxylation is 1. The van der Waals surface area contributed by atoms with Crippen molar-refractivity contribution in [3.05, 3.63) is 11.8 Å². The highest BCUT2D eigenvalue weighted by molar-refractivity contribution is 7.80. The molecule has 82 valence electrons. The number of carbonyl (C=O) groups is 1. The van der Waals surface area contributed by atoms with Gasteiger partial charge in [0.05, 0.1) is 11.8 Å². The summed E-state index contributed by atoms with van der Waals surface area (Å²) in [6.45, 7) is 1.94. The Kier molecular flexibility index (Phi) is 3.79. The Balaban J connectivity index is 2.88. The maximum absolute atomic E-state index is 11.4. The highest BCUT2D eigenvalue weighted by atomic mass is 32.1. The van der Waals surface area contributed by atoms with Crippen LogP contribution < -0.4 is 11.1 Å². The van der Waals surface area contributed by atoms with Crippen molar-refractivity contribution < 1.29 is 4.79 Å². The number of anilines is 1. The van der Waals surface area contributed by atoms with Crippen molar-refractivity contribution in [2.24, 2.45) is 12.8 Å². The molecule has 0 bridgehead atoms. The van der Waals surface area contributed by atoms with Gasteiger partial charge < -0.3 is 11.1 Å². The maximum atomic E-state index is 11.4. The molecule has 0 fully saturated rings. The van der Waals surface area contributed by atoms with E-state index >= 15 is 0 Å². The largest absolute Gasteiger partial charge is 0.389 e. The van der Waals surface area contributed by atoms with Gasteiger partial charge in [-0.25, -0.2) is 0 Å². The quantitative estimate of drug-likeness (QED) is 0.745. The number of aromatic nitrogens is 2. The maximum Gasteiger partial charge on any atom is 0.225 e. The number of amides is 1. The van der Waals surface area contributed by atoms with E-state index in [9.17, 15) is 4.79 Å². The van der Waals surface area contributed by atoms with E-state index in [1.165, 1.54) is 0 Å². The lowest BCUT2D eigenvalue weighted by atomic mass is 10.3. The first-order chi connectivity index (χ1) is 7.06. The number of carbonyl (C=O) groups excluding carboxylic acids is 1. The van der Waals surface area contributed by atoms with Crippen molar-refractivity contribution in [2.75, 3.05) is 5.32 Å². The Morgan fingerprint density at radius 2 is 2.40 bits per heavy atom. The molecule has 1 amide bonds. The third kappa shape index (κ3) is 2.76. The van der Waals surface area contributed by atoms with Gasteiger partial charge in [0.25, 0.3) is 0 Å². The summed E-state index contributed by atoms with van der Waals surface area (Å²) in [5, 5.41) is 6.72. The first-order valence-corrected chi connectivity index (χ1v) is 5.08. The van der Waals surface area contributed by atoms with Crippen LogP contribution in [0.25, 0.3) is 0 Å². The summed E-state index contributed by atoms with van der Waals surface area (Å²) in [4.78, 5) is 11.6. The average molecular weight is 226 g/mol. The van der Waals surface area contributed by atoms with Crippen LogP contribution in [0, 0.1) is 0 Å². The van der Waals surface area contributed by atoms with Crippen molar-refractivity contribution >= 4 is 28.9 Å². The molecule has 0 unspecified atom stereocenters. The van der Waals surface area contributed by atoms with Gasteiger partial charge in [-0.15, -0.1) is 0 Å². The molecule has 6 heteroatoms. The molecule has 0 atom stereocenters. The van der Waals surface area contributed by atoms with Crippen LogP contribution in [-0.2, 0) is 11.8 Å². The highest BCUT2D eigenvalue weighted by Gasteiger charge is 2.12. The Morgan fingerprint density at radius 3 is 2.93 bits per heavy atom. The number of hydrogen-bond acceptors (Lipinski definition) is 3. The zero-order valence-electron chi connectivity index (χ0n) is 8.78. The molecule has 0 aromatic carbocycles. The van der Waals surface area contributed by atoms with E-state index in [0.29, 0.717) is 17.8 Å². The summed E-state index contributed by atoms with van der Waals surface area (Å²) in [6, 6.07) is 0. The minimum atomic E-state index is -0.0569. The van der Waals surface area contributed by atoms with Gasteiger partial charge in [0, 0.05) is 13.5 Å². The number of thiocarbonyl (C=S) groups is 1. The highest BCUT2D eigenvalue weighted by Crippen LogP contribution is 2.14. The van der Waals surface area contributed by atoms with Gasteiger partial charge >= 0.3 is 0 Å². The van der Waals surface area contributed by atoms with Crippen molar-refractivity contribution in [1.29, 1.82) is 0 Å².